The highest BCUT2D eigenvalue weighted by molar-refractivity contribution is 7.80. The third-order valence-corrected chi connectivity index (χ3v) is 4.63. The topological polar surface area (TPSA) is 29.1 Å². The highest BCUT2D eigenvalue weighted by atomic mass is 32.1. The van der Waals surface area contributed by atoms with Gasteiger partial charge in [0.1, 0.15) is 0 Å². The molecule has 1 rings (SSSR count). The van der Waals surface area contributed by atoms with Gasteiger partial charge in [-0.25, -0.2) is 0 Å². The summed E-state index contributed by atoms with van der Waals surface area (Å²) in [6.45, 7) is 5.29. The number of nitrogens with one attached hydrogen (secondary N) is 1. The maximum atomic E-state index is 11.8. The first-order valence-corrected chi connectivity index (χ1v) is 7.66. The number of thiol groups is 1. The highest BCUT2D eigenvalue weighted by Crippen LogP contribution is 2.49. The summed E-state index contributed by atoms with van der Waals surface area (Å²) in [6.07, 6.45) is 7.96. The van der Waals surface area contributed by atoms with E-state index >= 15 is 0 Å². The van der Waals surface area contributed by atoms with Gasteiger partial charge in [-0.1, -0.05) is 33.1 Å². The van der Waals surface area contributed by atoms with Crippen LogP contribution in [0.2, 0.25) is 0 Å². The van der Waals surface area contributed by atoms with E-state index < -0.39 is 0 Å². The number of carbonyl (C=O) groups excluding carboxylic acids is 1. The van der Waals surface area contributed by atoms with Crippen LogP contribution >= 0.6 is 12.6 Å². The fraction of sp³-hybridized carbons (Fsp3) is 0.929. The maximum Gasteiger partial charge on any atom is 0.220 e. The van der Waals surface area contributed by atoms with Crippen LogP contribution in [0.4, 0.5) is 0 Å². The third kappa shape index (κ3) is 5.33. The lowest BCUT2D eigenvalue weighted by Crippen LogP contribution is -2.31. The van der Waals surface area contributed by atoms with Crippen LogP contribution in [-0.4, -0.2) is 18.2 Å². The Morgan fingerprint density at radius 3 is 2.59 bits per heavy atom. The molecule has 1 unspecified atom stereocenters. The van der Waals surface area contributed by atoms with E-state index in [1.807, 2.05) is 0 Å². The Labute approximate surface area is 111 Å². The molecule has 1 amide bonds. The predicted molar refractivity (Wildman–Crippen MR) is 76.5 cm³/mol. The summed E-state index contributed by atoms with van der Waals surface area (Å²) < 4.78 is 0. The predicted octanol–water partition coefficient (Wildman–Crippen LogP) is 3.42. The van der Waals surface area contributed by atoms with Crippen molar-refractivity contribution in [3.8, 4) is 0 Å². The average Bonchev–Trinajstić information content (AvgIpc) is 3.10. The van der Waals surface area contributed by atoms with Crippen LogP contribution in [-0.2, 0) is 4.79 Å². The van der Waals surface area contributed by atoms with Gasteiger partial charge in [0.25, 0.3) is 0 Å². The van der Waals surface area contributed by atoms with Gasteiger partial charge in [-0.2, -0.15) is 12.6 Å². The maximum absolute atomic E-state index is 11.8. The van der Waals surface area contributed by atoms with Crippen molar-refractivity contribution in [2.45, 2.75) is 58.8 Å². The molecule has 0 aromatic rings. The Bertz CT molecular complexity index is 238. The Balaban J connectivity index is 2.17. The van der Waals surface area contributed by atoms with E-state index in [4.69, 9.17) is 0 Å². The van der Waals surface area contributed by atoms with Gasteiger partial charge in [0.05, 0.1) is 0 Å². The quantitative estimate of drug-likeness (QED) is 0.609. The molecule has 0 bridgehead atoms. The van der Waals surface area contributed by atoms with E-state index in [1.165, 1.54) is 32.1 Å². The number of carbonyl (C=O) groups is 1. The SMILES string of the molecule is CCCCC(CC)CNC(=O)CC1(CS)CC1. The summed E-state index contributed by atoms with van der Waals surface area (Å²) in [6, 6.07) is 0. The third-order valence-electron chi connectivity index (χ3n) is 3.96. The van der Waals surface area contributed by atoms with Gasteiger partial charge >= 0.3 is 0 Å². The summed E-state index contributed by atoms with van der Waals surface area (Å²) in [5.41, 5.74) is 0.248. The van der Waals surface area contributed by atoms with Crippen molar-refractivity contribution >= 4 is 18.5 Å². The van der Waals surface area contributed by atoms with Crippen molar-refractivity contribution in [2.24, 2.45) is 11.3 Å². The summed E-state index contributed by atoms with van der Waals surface area (Å²) >= 11 is 4.33. The molecule has 0 heterocycles. The molecule has 0 saturated heterocycles. The van der Waals surface area contributed by atoms with Crippen LogP contribution in [0, 0.1) is 11.3 Å². The van der Waals surface area contributed by atoms with Crippen molar-refractivity contribution in [3.63, 3.8) is 0 Å². The molecule has 17 heavy (non-hydrogen) atoms. The van der Waals surface area contributed by atoms with Gasteiger partial charge in [0, 0.05) is 13.0 Å². The highest BCUT2D eigenvalue weighted by Gasteiger charge is 2.42. The van der Waals surface area contributed by atoms with Gasteiger partial charge < -0.3 is 5.32 Å². The van der Waals surface area contributed by atoms with Gasteiger partial charge in [-0.15, -0.1) is 0 Å². The molecule has 0 radical (unpaired) electrons. The molecule has 0 aromatic heterocycles. The molecule has 2 nitrogen and oxygen atoms in total. The van der Waals surface area contributed by atoms with Crippen molar-refractivity contribution in [2.75, 3.05) is 12.3 Å². The molecule has 1 aliphatic carbocycles. The smallest absolute Gasteiger partial charge is 0.220 e. The average molecular weight is 257 g/mol. The van der Waals surface area contributed by atoms with E-state index in [0.717, 1.165) is 18.7 Å². The second kappa shape index (κ2) is 7.30. The van der Waals surface area contributed by atoms with Crippen LogP contribution in [0.25, 0.3) is 0 Å². The summed E-state index contributed by atoms with van der Waals surface area (Å²) in [5.74, 6) is 1.74. The molecule has 0 spiro atoms. The standard InChI is InChI=1S/C14H27NOS/c1-3-5-6-12(4-2)10-15-13(16)9-14(11-17)7-8-14/h12,17H,3-11H2,1-2H3,(H,15,16). The molecule has 100 valence electrons. The lowest BCUT2D eigenvalue weighted by Gasteiger charge is -2.17. The van der Waals surface area contributed by atoms with E-state index in [9.17, 15) is 4.79 Å². The van der Waals surface area contributed by atoms with Gasteiger partial charge in [0.15, 0.2) is 0 Å². The number of rotatable bonds is 9. The zero-order valence-electron chi connectivity index (χ0n) is 11.3. The first-order chi connectivity index (χ1) is 8.15. The summed E-state index contributed by atoms with van der Waals surface area (Å²) in [5, 5.41) is 3.10. The van der Waals surface area contributed by atoms with E-state index in [-0.39, 0.29) is 11.3 Å². The van der Waals surface area contributed by atoms with E-state index in [0.29, 0.717) is 12.3 Å². The molecule has 1 atom stereocenters. The molecule has 3 heteroatoms. The number of hydrogen-bond donors (Lipinski definition) is 2. The molecule has 0 aromatic carbocycles. The van der Waals surface area contributed by atoms with Crippen molar-refractivity contribution in [1.82, 2.24) is 5.32 Å². The second-order valence-corrected chi connectivity index (χ2v) is 5.87. The normalized spacial score (nSPS) is 18.8. The Hall–Kier alpha value is -0.180. The molecule has 1 N–H and O–H groups in total. The minimum atomic E-state index is 0.228. The van der Waals surface area contributed by atoms with Gasteiger partial charge in [-0.05, 0) is 36.3 Å². The van der Waals surface area contributed by atoms with Crippen LogP contribution in [0.5, 0.6) is 0 Å². The van der Waals surface area contributed by atoms with E-state index in [2.05, 4.69) is 31.8 Å². The van der Waals surface area contributed by atoms with Crippen molar-refractivity contribution < 1.29 is 4.79 Å². The zero-order chi connectivity index (χ0) is 12.7. The lowest BCUT2D eigenvalue weighted by molar-refractivity contribution is -0.122. The number of unbranched alkanes of at least 4 members (excludes halogenated alkanes) is 1. The molecular formula is C14H27NOS. The molecular weight excluding hydrogens is 230 g/mol. The molecule has 1 aliphatic rings. The van der Waals surface area contributed by atoms with Crippen LogP contribution < -0.4 is 5.32 Å². The van der Waals surface area contributed by atoms with Crippen LogP contribution in [0.3, 0.4) is 0 Å². The molecule has 1 fully saturated rings. The van der Waals surface area contributed by atoms with Crippen LogP contribution in [0.1, 0.15) is 58.8 Å². The Morgan fingerprint density at radius 2 is 2.12 bits per heavy atom. The zero-order valence-corrected chi connectivity index (χ0v) is 12.2. The fourth-order valence-electron chi connectivity index (χ4n) is 2.17. The Kier molecular flexibility index (Phi) is 6.39. The lowest BCUT2D eigenvalue weighted by atomic mass is 9.99. The molecule has 1 saturated carbocycles. The first kappa shape index (κ1) is 14.9. The number of hydrogen-bond acceptors (Lipinski definition) is 2. The van der Waals surface area contributed by atoms with Gasteiger partial charge in [0.2, 0.25) is 5.91 Å². The Morgan fingerprint density at radius 1 is 1.41 bits per heavy atom. The van der Waals surface area contributed by atoms with E-state index in [1.54, 1.807) is 0 Å². The molecule has 0 aliphatic heterocycles. The van der Waals surface area contributed by atoms with Crippen molar-refractivity contribution in [1.29, 1.82) is 0 Å². The summed E-state index contributed by atoms with van der Waals surface area (Å²) in [4.78, 5) is 11.8. The fourth-order valence-corrected chi connectivity index (χ4v) is 2.60. The minimum absolute atomic E-state index is 0.228. The van der Waals surface area contributed by atoms with Gasteiger partial charge in [-0.3, -0.25) is 4.79 Å². The van der Waals surface area contributed by atoms with Crippen LogP contribution in [0.15, 0.2) is 0 Å². The number of amides is 1. The largest absolute Gasteiger partial charge is 0.356 e. The second-order valence-electron chi connectivity index (χ2n) is 5.56. The van der Waals surface area contributed by atoms with Crippen molar-refractivity contribution in [3.05, 3.63) is 0 Å². The first-order valence-electron chi connectivity index (χ1n) is 7.03. The minimum Gasteiger partial charge on any atom is -0.356 e. The summed E-state index contributed by atoms with van der Waals surface area (Å²) in [7, 11) is 0. The monoisotopic (exact) mass is 257 g/mol.